The van der Waals surface area contributed by atoms with Crippen LogP contribution < -0.4 is 11.1 Å². The largest absolute Gasteiger partial charge is 0.508 e. The zero-order valence-electron chi connectivity index (χ0n) is 13.9. The van der Waals surface area contributed by atoms with Crippen LogP contribution in [-0.2, 0) is 6.42 Å². The number of hydrogen-bond donors (Lipinski definition) is 3. The van der Waals surface area contributed by atoms with E-state index < -0.39 is 0 Å². The van der Waals surface area contributed by atoms with E-state index in [-0.39, 0.29) is 11.7 Å². The maximum absolute atomic E-state index is 12.4. The van der Waals surface area contributed by atoms with Crippen LogP contribution in [0.5, 0.6) is 0 Å². The molecule has 2 heterocycles. The Bertz CT molecular complexity index is 962. The number of pyridine rings is 1. The lowest BCUT2D eigenvalue weighted by molar-refractivity contribution is 0.0959. The summed E-state index contributed by atoms with van der Waals surface area (Å²) in [5.74, 6) is -0.160. The third-order valence-electron chi connectivity index (χ3n) is 3.90. The van der Waals surface area contributed by atoms with Crippen molar-refractivity contribution in [2.75, 3.05) is 12.3 Å². The fraction of sp³-hybridized carbons (Fsp3) is 0.158. The molecule has 25 heavy (non-hydrogen) atoms. The Balaban J connectivity index is 1.68. The minimum absolute atomic E-state index is 0.0340. The van der Waals surface area contributed by atoms with E-state index in [4.69, 9.17) is 5.73 Å². The minimum Gasteiger partial charge on any atom is -0.508 e. The van der Waals surface area contributed by atoms with E-state index in [0.717, 1.165) is 21.5 Å². The molecule has 0 aliphatic heterocycles. The molecule has 3 aromatic rings. The van der Waals surface area contributed by atoms with Crippen LogP contribution in [0.15, 0.2) is 43.0 Å². The number of fused-ring (bicyclic) bond motifs is 1. The zero-order chi connectivity index (χ0) is 18.0. The van der Waals surface area contributed by atoms with Crippen LogP contribution in [0.4, 0.5) is 5.69 Å². The van der Waals surface area contributed by atoms with E-state index in [1.807, 2.05) is 37.3 Å². The number of aromatic nitrogens is 1. The average molecular weight is 353 g/mol. The summed E-state index contributed by atoms with van der Waals surface area (Å²) >= 11 is 1.31. The van der Waals surface area contributed by atoms with Gasteiger partial charge in [-0.15, -0.1) is 11.3 Å². The quantitative estimate of drug-likeness (QED) is 0.610. The highest BCUT2D eigenvalue weighted by atomic mass is 32.1. The number of amides is 1. The number of nitrogens with two attached hydrogens (primary N) is 1. The van der Waals surface area contributed by atoms with Gasteiger partial charge >= 0.3 is 0 Å². The van der Waals surface area contributed by atoms with Gasteiger partial charge < -0.3 is 16.2 Å². The number of aliphatic hydroxyl groups is 1. The summed E-state index contributed by atoms with van der Waals surface area (Å²) in [5.41, 5.74) is 9.16. The first-order valence-electron chi connectivity index (χ1n) is 7.86. The van der Waals surface area contributed by atoms with E-state index in [1.165, 1.54) is 11.3 Å². The van der Waals surface area contributed by atoms with Gasteiger partial charge in [-0.1, -0.05) is 24.8 Å². The lowest BCUT2D eigenvalue weighted by atomic mass is 10.1. The lowest BCUT2D eigenvalue weighted by Gasteiger charge is -2.06. The number of nitrogen functional groups attached to an aromatic ring is 1. The number of aliphatic hydroxyl groups excluding tert-OH is 1. The predicted molar refractivity (Wildman–Crippen MR) is 103 cm³/mol. The summed E-state index contributed by atoms with van der Waals surface area (Å²) in [6.45, 7) is 5.90. The van der Waals surface area contributed by atoms with Gasteiger partial charge in [0.15, 0.2) is 0 Å². The number of carbonyl (C=O) groups excluding carboxylic acids is 1. The number of anilines is 1. The number of thiophene rings is 1. The molecule has 0 bridgehead atoms. The molecule has 0 aliphatic carbocycles. The van der Waals surface area contributed by atoms with Gasteiger partial charge in [0.1, 0.15) is 15.5 Å². The molecule has 0 aliphatic rings. The number of nitrogens with zero attached hydrogens (tertiary/aromatic N) is 1. The summed E-state index contributed by atoms with van der Waals surface area (Å²) in [5, 5.41) is 13.2. The van der Waals surface area contributed by atoms with Crippen molar-refractivity contribution in [3.05, 3.63) is 64.7 Å². The van der Waals surface area contributed by atoms with Crippen molar-refractivity contribution < 1.29 is 9.90 Å². The topological polar surface area (TPSA) is 88.2 Å². The van der Waals surface area contributed by atoms with Crippen molar-refractivity contribution >= 4 is 38.9 Å². The summed E-state index contributed by atoms with van der Waals surface area (Å²) < 4.78 is 0. The Morgan fingerprint density at radius 1 is 1.36 bits per heavy atom. The summed E-state index contributed by atoms with van der Waals surface area (Å²) in [6, 6.07) is 11.2. The highest BCUT2D eigenvalue weighted by molar-refractivity contribution is 7.21. The number of carbonyl (C=O) groups is 1. The second-order valence-electron chi connectivity index (χ2n) is 5.80. The first kappa shape index (κ1) is 17.0. The molecule has 0 atom stereocenters. The van der Waals surface area contributed by atoms with Crippen molar-refractivity contribution in [2.45, 2.75) is 13.3 Å². The van der Waals surface area contributed by atoms with Crippen LogP contribution in [0, 0.1) is 6.92 Å². The van der Waals surface area contributed by atoms with E-state index in [2.05, 4.69) is 16.9 Å². The normalized spacial score (nSPS) is 10.8. The fourth-order valence-electron chi connectivity index (χ4n) is 2.57. The van der Waals surface area contributed by atoms with Crippen LogP contribution in [-0.4, -0.2) is 22.5 Å². The van der Waals surface area contributed by atoms with Crippen LogP contribution in [0.1, 0.15) is 26.5 Å². The fourth-order valence-corrected chi connectivity index (χ4v) is 3.62. The molecule has 128 valence electrons. The summed E-state index contributed by atoms with van der Waals surface area (Å²) in [6.07, 6.45) is 0.648. The summed E-state index contributed by atoms with van der Waals surface area (Å²) in [7, 11) is 0. The molecule has 0 radical (unpaired) electrons. The number of aryl methyl sites for hydroxylation is 1. The smallest absolute Gasteiger partial charge is 0.263 e. The maximum atomic E-state index is 12.4. The molecule has 0 unspecified atom stereocenters. The number of rotatable bonds is 5. The van der Waals surface area contributed by atoms with Gasteiger partial charge in [0.05, 0.1) is 5.69 Å². The monoisotopic (exact) mass is 353 g/mol. The highest BCUT2D eigenvalue weighted by Gasteiger charge is 2.16. The van der Waals surface area contributed by atoms with Gasteiger partial charge in [-0.2, -0.15) is 0 Å². The van der Waals surface area contributed by atoms with Crippen molar-refractivity contribution in [3.8, 4) is 0 Å². The van der Waals surface area contributed by atoms with Crippen LogP contribution in [0.2, 0.25) is 0 Å². The molecular formula is C19H19N3O2S. The van der Waals surface area contributed by atoms with Gasteiger partial charge in [-0.05, 0) is 37.1 Å². The average Bonchev–Trinajstić information content (AvgIpc) is 2.91. The van der Waals surface area contributed by atoms with Crippen LogP contribution >= 0.6 is 11.3 Å². The second kappa shape index (κ2) is 6.94. The molecule has 3 rings (SSSR count). The van der Waals surface area contributed by atoms with E-state index >= 15 is 0 Å². The highest BCUT2D eigenvalue weighted by Crippen LogP contribution is 2.32. The molecule has 0 spiro atoms. The molecule has 2 aromatic heterocycles. The lowest BCUT2D eigenvalue weighted by Crippen LogP contribution is -2.25. The molecule has 0 saturated carbocycles. The van der Waals surface area contributed by atoms with Gasteiger partial charge in [0, 0.05) is 23.2 Å². The summed E-state index contributed by atoms with van der Waals surface area (Å²) in [4.78, 5) is 18.1. The van der Waals surface area contributed by atoms with Gasteiger partial charge in [-0.3, -0.25) is 4.79 Å². The second-order valence-corrected chi connectivity index (χ2v) is 6.80. The Morgan fingerprint density at radius 2 is 2.16 bits per heavy atom. The van der Waals surface area contributed by atoms with Crippen molar-refractivity contribution in [3.63, 3.8) is 0 Å². The number of benzene rings is 1. The van der Waals surface area contributed by atoms with Crippen molar-refractivity contribution in [1.29, 1.82) is 0 Å². The third-order valence-corrected chi connectivity index (χ3v) is 5.01. The molecule has 6 heteroatoms. The van der Waals surface area contributed by atoms with E-state index in [0.29, 0.717) is 29.1 Å². The maximum Gasteiger partial charge on any atom is 0.263 e. The molecule has 1 aromatic carbocycles. The zero-order valence-corrected chi connectivity index (χ0v) is 14.7. The van der Waals surface area contributed by atoms with Gasteiger partial charge in [0.2, 0.25) is 0 Å². The third kappa shape index (κ3) is 3.64. The van der Waals surface area contributed by atoms with Crippen LogP contribution in [0.3, 0.4) is 0 Å². The Hall–Kier alpha value is -2.86. The van der Waals surface area contributed by atoms with E-state index in [1.54, 1.807) is 6.07 Å². The van der Waals surface area contributed by atoms with E-state index in [9.17, 15) is 9.90 Å². The standard InChI is InChI=1S/C19H19N3O2S/c1-11-6-7-15-16(20)17(25-19(15)22-11)18(24)21-9-8-13-4-3-5-14(10-13)12(2)23/h3-7,10,23H,2,8-9,20H2,1H3,(H,21,24). The molecular weight excluding hydrogens is 334 g/mol. The molecule has 5 nitrogen and oxygen atoms in total. The molecule has 1 amide bonds. The Labute approximate surface area is 149 Å². The van der Waals surface area contributed by atoms with Crippen molar-refractivity contribution in [1.82, 2.24) is 10.3 Å². The van der Waals surface area contributed by atoms with Crippen LogP contribution in [0.25, 0.3) is 16.0 Å². The number of hydrogen-bond acceptors (Lipinski definition) is 5. The Morgan fingerprint density at radius 3 is 2.92 bits per heavy atom. The van der Waals surface area contributed by atoms with Gasteiger partial charge in [0.25, 0.3) is 5.91 Å². The molecule has 0 fully saturated rings. The first-order valence-corrected chi connectivity index (χ1v) is 8.68. The number of nitrogens with one attached hydrogen (secondary N) is 1. The molecule has 4 N–H and O–H groups in total. The van der Waals surface area contributed by atoms with Gasteiger partial charge in [-0.25, -0.2) is 4.98 Å². The predicted octanol–water partition coefficient (Wildman–Crippen LogP) is 3.69. The SMILES string of the molecule is C=C(O)c1cccc(CCNC(=O)c2sc3nc(C)ccc3c2N)c1. The molecule has 0 saturated heterocycles. The first-order chi connectivity index (χ1) is 12.0. The minimum atomic E-state index is -0.194. The van der Waals surface area contributed by atoms with Crippen molar-refractivity contribution in [2.24, 2.45) is 0 Å². The Kier molecular flexibility index (Phi) is 4.72.